The van der Waals surface area contributed by atoms with E-state index in [0.717, 1.165) is 45.2 Å². The molecule has 1 saturated heterocycles. The van der Waals surface area contributed by atoms with Crippen LogP contribution in [0.15, 0.2) is 30.3 Å². The molecule has 2 aliphatic rings. The first-order valence-corrected chi connectivity index (χ1v) is 8.82. The maximum Gasteiger partial charge on any atom is 0.241 e. The van der Waals surface area contributed by atoms with Crippen LogP contribution in [0.3, 0.4) is 0 Å². The molecule has 1 aliphatic heterocycles. The highest BCUT2D eigenvalue weighted by Gasteiger charge is 2.30. The van der Waals surface area contributed by atoms with E-state index in [9.17, 15) is 9.59 Å². The number of rotatable bonds is 6. The molecule has 1 aromatic rings. The highest BCUT2D eigenvalue weighted by molar-refractivity contribution is 5.86. The first-order valence-electron chi connectivity index (χ1n) is 8.82. The van der Waals surface area contributed by atoms with Crippen LogP contribution >= 0.6 is 0 Å². The molecule has 0 bridgehead atoms. The molecule has 1 heterocycles. The summed E-state index contributed by atoms with van der Waals surface area (Å²) in [7, 11) is 0. The Bertz CT molecular complexity index is 532. The Kier molecular flexibility index (Phi) is 5.31. The largest absolute Gasteiger partial charge is 0.347 e. The Balaban J connectivity index is 1.34. The van der Waals surface area contributed by atoms with Crippen molar-refractivity contribution in [2.75, 3.05) is 19.6 Å². The van der Waals surface area contributed by atoms with Gasteiger partial charge in [0.15, 0.2) is 0 Å². The van der Waals surface area contributed by atoms with Crippen molar-refractivity contribution in [1.82, 2.24) is 10.2 Å². The molecule has 1 N–H and O–H groups in total. The van der Waals surface area contributed by atoms with Crippen LogP contribution in [-0.4, -0.2) is 36.3 Å². The lowest BCUT2D eigenvalue weighted by molar-refractivity contribution is -0.134. The van der Waals surface area contributed by atoms with Gasteiger partial charge in [-0.3, -0.25) is 9.59 Å². The maximum atomic E-state index is 12.1. The lowest BCUT2D eigenvalue weighted by Crippen LogP contribution is -2.44. The van der Waals surface area contributed by atoms with Gasteiger partial charge in [-0.1, -0.05) is 30.3 Å². The number of nitrogens with one attached hydrogen (secondary N) is 1. The molecule has 0 radical (unpaired) electrons. The number of likely N-dealkylation sites (tertiary alicyclic amines) is 1. The van der Waals surface area contributed by atoms with E-state index in [0.29, 0.717) is 5.92 Å². The quantitative estimate of drug-likeness (QED) is 0.876. The number of carbonyl (C=O) groups is 2. The molecule has 0 unspecified atom stereocenters. The average molecular weight is 314 g/mol. The maximum absolute atomic E-state index is 12.1. The molecule has 0 spiro atoms. The SMILES string of the molecule is O=C(NCC(=O)N1CCC(CCc2ccccc2)CC1)C1CC1. The van der Waals surface area contributed by atoms with Gasteiger partial charge in [-0.05, 0) is 50.0 Å². The third-order valence-electron chi connectivity index (χ3n) is 5.01. The van der Waals surface area contributed by atoms with Gasteiger partial charge in [0.25, 0.3) is 0 Å². The van der Waals surface area contributed by atoms with Crippen LogP contribution in [0, 0.1) is 11.8 Å². The first-order chi connectivity index (χ1) is 11.2. The van der Waals surface area contributed by atoms with Crippen LogP contribution in [0.1, 0.15) is 37.7 Å². The normalized spacial score (nSPS) is 18.7. The topological polar surface area (TPSA) is 49.4 Å². The van der Waals surface area contributed by atoms with E-state index in [1.54, 1.807) is 0 Å². The summed E-state index contributed by atoms with van der Waals surface area (Å²) in [6, 6.07) is 10.6. The lowest BCUT2D eigenvalue weighted by atomic mass is 9.90. The van der Waals surface area contributed by atoms with Crippen LogP contribution in [0.2, 0.25) is 0 Å². The minimum atomic E-state index is 0.0519. The Morgan fingerprint density at radius 3 is 2.39 bits per heavy atom. The van der Waals surface area contributed by atoms with Crippen molar-refractivity contribution >= 4 is 11.8 Å². The summed E-state index contributed by atoms with van der Waals surface area (Å²) in [5.41, 5.74) is 1.40. The highest BCUT2D eigenvalue weighted by Crippen LogP contribution is 2.28. The summed E-state index contributed by atoms with van der Waals surface area (Å²) in [6.07, 6.45) is 6.44. The molecule has 2 fully saturated rings. The zero-order valence-electron chi connectivity index (χ0n) is 13.7. The lowest BCUT2D eigenvalue weighted by Gasteiger charge is -2.32. The predicted molar refractivity (Wildman–Crippen MR) is 89.8 cm³/mol. The minimum Gasteiger partial charge on any atom is -0.347 e. The minimum absolute atomic E-state index is 0.0519. The second-order valence-corrected chi connectivity index (χ2v) is 6.84. The average Bonchev–Trinajstić information content (AvgIpc) is 3.44. The summed E-state index contributed by atoms with van der Waals surface area (Å²) < 4.78 is 0. The molecule has 3 rings (SSSR count). The van der Waals surface area contributed by atoms with Gasteiger partial charge in [0, 0.05) is 19.0 Å². The van der Waals surface area contributed by atoms with Crippen molar-refractivity contribution < 1.29 is 9.59 Å². The number of hydrogen-bond donors (Lipinski definition) is 1. The van der Waals surface area contributed by atoms with Crippen LogP contribution in [0.4, 0.5) is 0 Å². The summed E-state index contributed by atoms with van der Waals surface area (Å²) in [6.45, 7) is 1.83. The van der Waals surface area contributed by atoms with E-state index in [1.165, 1.54) is 12.0 Å². The summed E-state index contributed by atoms with van der Waals surface area (Å²) in [5.74, 6) is 1.00. The summed E-state index contributed by atoms with van der Waals surface area (Å²) >= 11 is 0. The highest BCUT2D eigenvalue weighted by atomic mass is 16.2. The molecule has 124 valence electrons. The fourth-order valence-corrected chi connectivity index (χ4v) is 3.25. The van der Waals surface area contributed by atoms with Crippen molar-refractivity contribution in [3.63, 3.8) is 0 Å². The second kappa shape index (κ2) is 7.62. The van der Waals surface area contributed by atoms with Gasteiger partial charge in [0.1, 0.15) is 0 Å². The van der Waals surface area contributed by atoms with E-state index >= 15 is 0 Å². The standard InChI is InChI=1S/C19H26N2O2/c22-18(14-20-19(23)17-8-9-17)21-12-10-16(11-13-21)7-6-15-4-2-1-3-5-15/h1-5,16-17H,6-14H2,(H,20,23). The molecular weight excluding hydrogens is 288 g/mol. The summed E-state index contributed by atoms with van der Waals surface area (Å²) in [4.78, 5) is 25.6. The monoisotopic (exact) mass is 314 g/mol. The van der Waals surface area contributed by atoms with E-state index < -0.39 is 0 Å². The van der Waals surface area contributed by atoms with E-state index in [4.69, 9.17) is 0 Å². The van der Waals surface area contributed by atoms with Crippen LogP contribution in [0.5, 0.6) is 0 Å². The number of aryl methyl sites for hydroxylation is 1. The van der Waals surface area contributed by atoms with Gasteiger partial charge in [0.05, 0.1) is 6.54 Å². The van der Waals surface area contributed by atoms with Crippen LogP contribution in [0.25, 0.3) is 0 Å². The van der Waals surface area contributed by atoms with Crippen LogP contribution in [-0.2, 0) is 16.0 Å². The third kappa shape index (κ3) is 4.81. The molecule has 23 heavy (non-hydrogen) atoms. The Morgan fingerprint density at radius 1 is 1.04 bits per heavy atom. The Hall–Kier alpha value is -1.84. The molecular formula is C19H26N2O2. The van der Waals surface area contributed by atoms with E-state index in [2.05, 4.69) is 35.6 Å². The first kappa shape index (κ1) is 16.0. The molecule has 1 aromatic carbocycles. The van der Waals surface area contributed by atoms with Gasteiger partial charge >= 0.3 is 0 Å². The Labute approximate surface area is 138 Å². The third-order valence-corrected chi connectivity index (χ3v) is 5.01. The van der Waals surface area contributed by atoms with Crippen molar-refractivity contribution in [2.24, 2.45) is 11.8 Å². The number of piperidine rings is 1. The number of hydrogen-bond acceptors (Lipinski definition) is 2. The van der Waals surface area contributed by atoms with E-state index in [-0.39, 0.29) is 24.3 Å². The van der Waals surface area contributed by atoms with Gasteiger partial charge < -0.3 is 10.2 Å². The summed E-state index contributed by atoms with van der Waals surface area (Å²) in [5, 5.41) is 2.77. The zero-order chi connectivity index (χ0) is 16.1. The van der Waals surface area contributed by atoms with Crippen LogP contribution < -0.4 is 5.32 Å². The zero-order valence-corrected chi connectivity index (χ0v) is 13.7. The molecule has 4 heteroatoms. The van der Waals surface area contributed by atoms with Gasteiger partial charge in [0.2, 0.25) is 11.8 Å². The predicted octanol–water partition coefficient (Wildman–Crippen LogP) is 2.38. The molecule has 1 aliphatic carbocycles. The van der Waals surface area contributed by atoms with Gasteiger partial charge in [-0.15, -0.1) is 0 Å². The Morgan fingerprint density at radius 2 is 1.74 bits per heavy atom. The van der Waals surface area contributed by atoms with Crippen molar-refractivity contribution in [3.05, 3.63) is 35.9 Å². The van der Waals surface area contributed by atoms with E-state index in [1.807, 2.05) is 4.90 Å². The molecule has 0 aromatic heterocycles. The molecule has 2 amide bonds. The number of nitrogens with zero attached hydrogens (tertiary/aromatic N) is 1. The fourth-order valence-electron chi connectivity index (χ4n) is 3.25. The molecule has 4 nitrogen and oxygen atoms in total. The second-order valence-electron chi connectivity index (χ2n) is 6.84. The number of benzene rings is 1. The van der Waals surface area contributed by atoms with Gasteiger partial charge in [-0.25, -0.2) is 0 Å². The fraction of sp³-hybridized carbons (Fsp3) is 0.579. The number of amides is 2. The van der Waals surface area contributed by atoms with Gasteiger partial charge in [-0.2, -0.15) is 0 Å². The van der Waals surface area contributed by atoms with Crippen molar-refractivity contribution in [2.45, 2.75) is 38.5 Å². The molecule has 1 saturated carbocycles. The number of carbonyl (C=O) groups excluding carboxylic acids is 2. The van der Waals surface area contributed by atoms with Crippen molar-refractivity contribution in [1.29, 1.82) is 0 Å². The van der Waals surface area contributed by atoms with Crippen molar-refractivity contribution in [3.8, 4) is 0 Å². The molecule has 0 atom stereocenters. The smallest absolute Gasteiger partial charge is 0.241 e.